The van der Waals surface area contributed by atoms with Crippen molar-refractivity contribution in [3.05, 3.63) is 81.5 Å². The van der Waals surface area contributed by atoms with Crippen LogP contribution in [0.2, 0.25) is 0 Å². The zero-order chi connectivity index (χ0) is 19.3. The molecular formula is C23H20FNO3. The van der Waals surface area contributed by atoms with Gasteiger partial charge in [-0.15, -0.1) is 0 Å². The lowest BCUT2D eigenvalue weighted by molar-refractivity contribution is 0.0589. The van der Waals surface area contributed by atoms with E-state index >= 15 is 0 Å². The van der Waals surface area contributed by atoms with Crippen LogP contribution in [0.4, 0.5) is 4.39 Å². The maximum absolute atomic E-state index is 14.8. The lowest BCUT2D eigenvalue weighted by Gasteiger charge is -2.35. The number of nitrogens with zero attached hydrogens (tertiary/aromatic N) is 1. The van der Waals surface area contributed by atoms with E-state index in [1.807, 2.05) is 0 Å². The highest BCUT2D eigenvalue weighted by atomic mass is 19.1. The summed E-state index contributed by atoms with van der Waals surface area (Å²) in [5.74, 6) is -0.665. The van der Waals surface area contributed by atoms with Crippen molar-refractivity contribution < 1.29 is 13.6 Å². The molecular weight excluding hydrogens is 357 g/mol. The van der Waals surface area contributed by atoms with E-state index < -0.39 is 11.9 Å². The minimum Gasteiger partial charge on any atom is -0.450 e. The SMILES string of the molecule is O=C1c2oc3ccccc3c(=O)c2[C@H](c2ccccc2F)N1C1CCCCC1. The summed E-state index contributed by atoms with van der Waals surface area (Å²) in [6.45, 7) is 0. The van der Waals surface area contributed by atoms with Crippen LogP contribution in [-0.4, -0.2) is 16.8 Å². The fourth-order valence-electron chi connectivity index (χ4n) is 4.68. The Labute approximate surface area is 161 Å². The Balaban J connectivity index is 1.78. The van der Waals surface area contributed by atoms with Gasteiger partial charge in [0.1, 0.15) is 11.4 Å². The highest BCUT2D eigenvalue weighted by Gasteiger charge is 2.46. The number of amides is 1. The average molecular weight is 377 g/mol. The molecule has 4 nitrogen and oxygen atoms in total. The van der Waals surface area contributed by atoms with Crippen molar-refractivity contribution in [2.75, 3.05) is 0 Å². The van der Waals surface area contributed by atoms with Gasteiger partial charge in [0.05, 0.1) is 17.0 Å². The molecule has 2 heterocycles. The Morgan fingerprint density at radius 1 is 0.929 bits per heavy atom. The first-order chi connectivity index (χ1) is 13.7. The molecule has 1 atom stereocenters. The maximum Gasteiger partial charge on any atom is 0.291 e. The molecule has 3 aromatic rings. The third-order valence-corrected chi connectivity index (χ3v) is 5.98. The lowest BCUT2D eigenvalue weighted by atomic mass is 9.91. The monoisotopic (exact) mass is 377 g/mol. The molecule has 2 aliphatic rings. The van der Waals surface area contributed by atoms with E-state index in [0.717, 1.165) is 32.1 Å². The smallest absolute Gasteiger partial charge is 0.291 e. The quantitative estimate of drug-likeness (QED) is 0.644. The predicted octanol–water partition coefficient (Wildman–Crippen LogP) is 4.81. The number of para-hydroxylation sites is 1. The zero-order valence-electron chi connectivity index (χ0n) is 15.4. The fraction of sp³-hybridized carbons (Fsp3) is 0.304. The molecule has 142 valence electrons. The molecule has 5 rings (SSSR count). The van der Waals surface area contributed by atoms with Gasteiger partial charge in [0, 0.05) is 11.6 Å². The largest absolute Gasteiger partial charge is 0.450 e. The Bertz CT molecular complexity index is 1130. The molecule has 28 heavy (non-hydrogen) atoms. The van der Waals surface area contributed by atoms with Gasteiger partial charge in [-0.2, -0.15) is 0 Å². The first-order valence-corrected chi connectivity index (χ1v) is 9.79. The number of carbonyl (C=O) groups is 1. The molecule has 1 fully saturated rings. The van der Waals surface area contributed by atoms with Crippen LogP contribution in [0.25, 0.3) is 11.0 Å². The number of rotatable bonds is 2. The topological polar surface area (TPSA) is 50.5 Å². The Kier molecular flexibility index (Phi) is 4.04. The molecule has 0 bridgehead atoms. The third kappa shape index (κ3) is 2.49. The number of benzene rings is 2. The summed E-state index contributed by atoms with van der Waals surface area (Å²) in [6, 6.07) is 12.5. The molecule has 0 saturated heterocycles. The molecule has 1 amide bonds. The van der Waals surface area contributed by atoms with E-state index in [4.69, 9.17) is 4.42 Å². The van der Waals surface area contributed by atoms with E-state index in [-0.39, 0.29) is 28.7 Å². The normalized spacial score (nSPS) is 20.0. The van der Waals surface area contributed by atoms with Crippen LogP contribution < -0.4 is 5.43 Å². The van der Waals surface area contributed by atoms with E-state index in [1.165, 1.54) is 6.07 Å². The molecule has 0 N–H and O–H groups in total. The van der Waals surface area contributed by atoms with Gasteiger partial charge in [-0.3, -0.25) is 9.59 Å². The van der Waals surface area contributed by atoms with Crippen LogP contribution in [0.5, 0.6) is 0 Å². The molecule has 5 heteroatoms. The van der Waals surface area contributed by atoms with Crippen LogP contribution >= 0.6 is 0 Å². The van der Waals surface area contributed by atoms with Crippen molar-refractivity contribution in [1.82, 2.24) is 4.90 Å². The molecule has 1 aromatic heterocycles. The van der Waals surface area contributed by atoms with E-state index in [0.29, 0.717) is 16.5 Å². The standard InChI is InChI=1S/C23H20FNO3/c24-17-12-6-4-10-15(17)20-19-21(26)16-11-5-7-13-18(16)28-22(19)23(27)25(20)14-8-2-1-3-9-14/h4-7,10-14,20H,1-3,8-9H2/t20-/m0/s1. The van der Waals surface area contributed by atoms with Gasteiger partial charge in [-0.05, 0) is 31.0 Å². The minimum atomic E-state index is -0.743. The van der Waals surface area contributed by atoms with Crippen molar-refractivity contribution in [3.63, 3.8) is 0 Å². The van der Waals surface area contributed by atoms with Crippen LogP contribution in [-0.2, 0) is 0 Å². The molecule has 1 aliphatic heterocycles. The van der Waals surface area contributed by atoms with Crippen molar-refractivity contribution in [3.8, 4) is 0 Å². The minimum absolute atomic E-state index is 0.0176. The Morgan fingerprint density at radius 2 is 1.64 bits per heavy atom. The zero-order valence-corrected chi connectivity index (χ0v) is 15.4. The van der Waals surface area contributed by atoms with Gasteiger partial charge >= 0.3 is 0 Å². The van der Waals surface area contributed by atoms with E-state index in [1.54, 1.807) is 47.4 Å². The second kappa shape index (κ2) is 6.59. The molecule has 2 aromatic carbocycles. The summed E-state index contributed by atoms with van der Waals surface area (Å²) in [6.07, 6.45) is 4.91. The molecule has 0 spiro atoms. The van der Waals surface area contributed by atoms with Crippen LogP contribution in [0, 0.1) is 5.82 Å². The van der Waals surface area contributed by atoms with Crippen LogP contribution in [0.1, 0.15) is 59.8 Å². The van der Waals surface area contributed by atoms with Gasteiger partial charge < -0.3 is 9.32 Å². The number of fused-ring (bicyclic) bond motifs is 2. The summed E-state index contributed by atoms with van der Waals surface area (Å²) in [5.41, 5.74) is 0.747. The van der Waals surface area contributed by atoms with Crippen molar-refractivity contribution in [2.45, 2.75) is 44.2 Å². The van der Waals surface area contributed by atoms with Gasteiger partial charge in [0.15, 0.2) is 5.43 Å². The summed E-state index contributed by atoms with van der Waals surface area (Å²) in [7, 11) is 0. The van der Waals surface area contributed by atoms with Crippen molar-refractivity contribution >= 4 is 16.9 Å². The predicted molar refractivity (Wildman–Crippen MR) is 104 cm³/mol. The van der Waals surface area contributed by atoms with E-state index in [9.17, 15) is 14.0 Å². The highest BCUT2D eigenvalue weighted by molar-refractivity contribution is 5.99. The van der Waals surface area contributed by atoms with Crippen molar-refractivity contribution in [1.29, 1.82) is 0 Å². The number of halogens is 1. The third-order valence-electron chi connectivity index (χ3n) is 5.98. The van der Waals surface area contributed by atoms with Crippen LogP contribution in [0.15, 0.2) is 57.7 Å². The molecule has 1 saturated carbocycles. The molecule has 0 radical (unpaired) electrons. The average Bonchev–Trinajstić information content (AvgIpc) is 3.02. The first-order valence-electron chi connectivity index (χ1n) is 9.79. The van der Waals surface area contributed by atoms with Gasteiger partial charge in [0.25, 0.3) is 5.91 Å². The van der Waals surface area contributed by atoms with Gasteiger partial charge in [-0.1, -0.05) is 49.6 Å². The number of hydrogen-bond acceptors (Lipinski definition) is 3. The fourth-order valence-corrected chi connectivity index (χ4v) is 4.68. The Morgan fingerprint density at radius 3 is 2.43 bits per heavy atom. The summed E-state index contributed by atoms with van der Waals surface area (Å²) >= 11 is 0. The van der Waals surface area contributed by atoms with Crippen molar-refractivity contribution in [2.24, 2.45) is 0 Å². The number of hydrogen-bond donors (Lipinski definition) is 0. The Hall–Kier alpha value is -2.95. The molecule has 1 aliphatic carbocycles. The lowest BCUT2D eigenvalue weighted by Crippen LogP contribution is -2.40. The second-order valence-electron chi connectivity index (χ2n) is 7.60. The second-order valence-corrected chi connectivity index (χ2v) is 7.60. The first kappa shape index (κ1) is 17.2. The summed E-state index contributed by atoms with van der Waals surface area (Å²) in [5, 5.41) is 0.417. The summed E-state index contributed by atoms with van der Waals surface area (Å²) < 4.78 is 20.7. The van der Waals surface area contributed by atoms with E-state index in [2.05, 4.69) is 0 Å². The summed E-state index contributed by atoms with van der Waals surface area (Å²) in [4.78, 5) is 28.4. The van der Waals surface area contributed by atoms with Gasteiger partial charge in [-0.25, -0.2) is 4.39 Å². The van der Waals surface area contributed by atoms with Crippen LogP contribution in [0.3, 0.4) is 0 Å². The highest BCUT2D eigenvalue weighted by Crippen LogP contribution is 2.42. The van der Waals surface area contributed by atoms with Gasteiger partial charge in [0.2, 0.25) is 5.76 Å². The maximum atomic E-state index is 14.8. The molecule has 0 unspecified atom stereocenters. The number of carbonyl (C=O) groups excluding carboxylic acids is 1.